The van der Waals surface area contributed by atoms with Crippen molar-refractivity contribution >= 4 is 32.7 Å². The van der Waals surface area contributed by atoms with Crippen LogP contribution in [0.1, 0.15) is 27.5 Å². The normalized spacial score (nSPS) is 11.1. The van der Waals surface area contributed by atoms with Gasteiger partial charge in [0.2, 0.25) is 0 Å². The molecule has 2 aromatic heterocycles. The predicted molar refractivity (Wildman–Crippen MR) is 113 cm³/mol. The monoisotopic (exact) mass is 452 g/mol. The summed E-state index contributed by atoms with van der Waals surface area (Å²) in [5.74, 6) is -0.613. The highest BCUT2D eigenvalue weighted by Gasteiger charge is 2.24. The van der Waals surface area contributed by atoms with Crippen LogP contribution in [0.2, 0.25) is 0 Å². The van der Waals surface area contributed by atoms with Crippen LogP contribution in [0.3, 0.4) is 0 Å². The average Bonchev–Trinajstić information content (AvgIpc) is 3.02. The van der Waals surface area contributed by atoms with Crippen molar-refractivity contribution < 1.29 is 14.4 Å². The molecular formula is C22H17BrN2O4. The molecule has 2 aromatic carbocycles. The van der Waals surface area contributed by atoms with E-state index in [1.54, 1.807) is 32.0 Å². The molecule has 0 aliphatic carbocycles. The number of halogens is 1. The molecule has 0 saturated heterocycles. The Labute approximate surface area is 174 Å². The maximum absolute atomic E-state index is 13.3. The van der Waals surface area contributed by atoms with Crippen LogP contribution in [0.15, 0.2) is 62.3 Å². The number of hydrogen-bond donors (Lipinski definition) is 1. The third kappa shape index (κ3) is 3.27. The van der Waals surface area contributed by atoms with Crippen molar-refractivity contribution in [1.82, 2.24) is 9.72 Å². The van der Waals surface area contributed by atoms with Crippen molar-refractivity contribution in [3.63, 3.8) is 0 Å². The van der Waals surface area contributed by atoms with Gasteiger partial charge in [0.25, 0.3) is 5.56 Å². The Morgan fingerprint density at radius 1 is 1.14 bits per heavy atom. The van der Waals surface area contributed by atoms with Crippen molar-refractivity contribution in [3.05, 3.63) is 86.1 Å². The first kappa shape index (κ1) is 19.1. The summed E-state index contributed by atoms with van der Waals surface area (Å²) in [6, 6.07) is 14.5. The zero-order chi connectivity index (χ0) is 20.7. The fourth-order valence-corrected chi connectivity index (χ4v) is 3.94. The third-order valence-electron chi connectivity index (χ3n) is 5.00. The second kappa shape index (κ2) is 7.33. The van der Waals surface area contributed by atoms with Crippen LogP contribution in [-0.4, -0.2) is 20.8 Å². The van der Waals surface area contributed by atoms with Gasteiger partial charge in [0.05, 0.1) is 12.2 Å². The Morgan fingerprint density at radius 2 is 1.86 bits per heavy atom. The molecule has 0 unspecified atom stereocenters. The zero-order valence-corrected chi connectivity index (χ0v) is 17.4. The summed E-state index contributed by atoms with van der Waals surface area (Å²) in [4.78, 5) is 25.7. The fourth-order valence-electron chi connectivity index (χ4n) is 3.58. The quantitative estimate of drug-likeness (QED) is 0.481. The van der Waals surface area contributed by atoms with E-state index in [0.717, 1.165) is 10.0 Å². The van der Waals surface area contributed by atoms with Crippen molar-refractivity contribution in [2.24, 2.45) is 0 Å². The number of hydrogen-bond acceptors (Lipinski definition) is 4. The Kier molecular flexibility index (Phi) is 4.84. The molecule has 6 nitrogen and oxygen atoms in total. The molecule has 29 heavy (non-hydrogen) atoms. The number of carboxylic acid groups (broad SMARTS) is 1. The highest BCUT2D eigenvalue weighted by Crippen LogP contribution is 2.33. The van der Waals surface area contributed by atoms with Crippen LogP contribution in [0.4, 0.5) is 0 Å². The van der Waals surface area contributed by atoms with Gasteiger partial charge in [0.15, 0.2) is 0 Å². The summed E-state index contributed by atoms with van der Waals surface area (Å²) in [6.07, 6.45) is 0. The van der Waals surface area contributed by atoms with Gasteiger partial charge < -0.3 is 9.63 Å². The molecule has 4 aromatic rings. The van der Waals surface area contributed by atoms with E-state index < -0.39 is 5.97 Å². The molecule has 0 saturated carbocycles. The lowest BCUT2D eigenvalue weighted by molar-refractivity contribution is 0.0685. The molecule has 4 rings (SSSR count). The van der Waals surface area contributed by atoms with Gasteiger partial charge in [-0.15, -0.1) is 0 Å². The van der Waals surface area contributed by atoms with E-state index in [2.05, 4.69) is 21.1 Å². The Hall–Kier alpha value is -3.19. The number of benzene rings is 2. The van der Waals surface area contributed by atoms with E-state index in [1.807, 2.05) is 30.3 Å². The third-order valence-corrected chi connectivity index (χ3v) is 5.49. The molecule has 0 spiro atoms. The Morgan fingerprint density at radius 3 is 2.48 bits per heavy atom. The van der Waals surface area contributed by atoms with Crippen LogP contribution in [0.5, 0.6) is 0 Å². The lowest BCUT2D eigenvalue weighted by atomic mass is 9.96. The smallest absolute Gasteiger partial charge is 0.353 e. The number of aromatic nitrogens is 2. The zero-order valence-electron chi connectivity index (χ0n) is 15.8. The lowest BCUT2D eigenvalue weighted by Gasteiger charge is -2.18. The predicted octanol–water partition coefficient (Wildman–Crippen LogP) is 4.78. The molecule has 0 atom stereocenters. The molecule has 0 bridgehead atoms. The standard InChI is InChI=1S/C22H17BrN2O4/c1-12-18(13(2)29-24-12)11-25-20(22(27)28)19(14-6-4-3-5-7-14)17-10-15(23)8-9-16(17)21(25)26/h3-10H,11H2,1-2H3,(H,27,28). The van der Waals surface area contributed by atoms with E-state index in [1.165, 1.54) is 4.57 Å². The van der Waals surface area contributed by atoms with Crippen LogP contribution < -0.4 is 5.56 Å². The summed E-state index contributed by atoms with van der Waals surface area (Å²) in [7, 11) is 0. The molecule has 0 aliphatic rings. The number of aromatic carboxylic acids is 1. The number of fused-ring (bicyclic) bond motifs is 1. The first-order chi connectivity index (χ1) is 13.9. The topological polar surface area (TPSA) is 85.3 Å². The number of pyridine rings is 1. The molecular weight excluding hydrogens is 436 g/mol. The summed E-state index contributed by atoms with van der Waals surface area (Å²) >= 11 is 3.43. The SMILES string of the molecule is Cc1noc(C)c1Cn1c(C(=O)O)c(-c2ccccc2)c2cc(Br)ccc2c1=O. The first-order valence-corrected chi connectivity index (χ1v) is 9.74. The minimum Gasteiger partial charge on any atom is -0.477 e. The molecule has 0 amide bonds. The molecule has 0 aliphatic heterocycles. The summed E-state index contributed by atoms with van der Waals surface area (Å²) in [5, 5.41) is 15.1. The number of aryl methyl sites for hydroxylation is 2. The Bertz CT molecular complexity index is 1290. The van der Waals surface area contributed by atoms with Gasteiger partial charge in [-0.1, -0.05) is 51.4 Å². The van der Waals surface area contributed by atoms with Crippen molar-refractivity contribution in [1.29, 1.82) is 0 Å². The van der Waals surface area contributed by atoms with Gasteiger partial charge in [0, 0.05) is 21.0 Å². The number of carbonyl (C=O) groups is 1. The van der Waals surface area contributed by atoms with E-state index in [0.29, 0.717) is 33.4 Å². The van der Waals surface area contributed by atoms with Crippen LogP contribution >= 0.6 is 15.9 Å². The molecule has 7 heteroatoms. The van der Waals surface area contributed by atoms with E-state index >= 15 is 0 Å². The number of nitrogens with zero attached hydrogens (tertiary/aromatic N) is 2. The molecule has 1 N–H and O–H groups in total. The van der Waals surface area contributed by atoms with Gasteiger partial charge in [0.1, 0.15) is 11.5 Å². The van der Waals surface area contributed by atoms with Gasteiger partial charge in [-0.05, 0) is 43.0 Å². The van der Waals surface area contributed by atoms with Crippen molar-refractivity contribution in [2.45, 2.75) is 20.4 Å². The molecule has 0 fully saturated rings. The highest BCUT2D eigenvalue weighted by molar-refractivity contribution is 9.10. The molecule has 146 valence electrons. The Balaban J connectivity index is 2.15. The number of carboxylic acids is 1. The molecule has 2 heterocycles. The van der Waals surface area contributed by atoms with Crippen LogP contribution in [0, 0.1) is 13.8 Å². The fraction of sp³-hybridized carbons (Fsp3) is 0.136. The maximum Gasteiger partial charge on any atom is 0.353 e. The van der Waals surface area contributed by atoms with E-state index in [4.69, 9.17) is 4.52 Å². The van der Waals surface area contributed by atoms with Gasteiger partial charge in [-0.3, -0.25) is 9.36 Å². The van der Waals surface area contributed by atoms with Gasteiger partial charge in [-0.2, -0.15) is 0 Å². The largest absolute Gasteiger partial charge is 0.477 e. The second-order valence-electron chi connectivity index (χ2n) is 6.78. The van der Waals surface area contributed by atoms with Gasteiger partial charge in [-0.25, -0.2) is 4.79 Å². The van der Waals surface area contributed by atoms with Crippen molar-refractivity contribution in [2.75, 3.05) is 0 Å². The second-order valence-corrected chi connectivity index (χ2v) is 7.69. The van der Waals surface area contributed by atoms with Gasteiger partial charge >= 0.3 is 5.97 Å². The first-order valence-electron chi connectivity index (χ1n) is 8.95. The average molecular weight is 453 g/mol. The minimum atomic E-state index is -1.17. The van der Waals surface area contributed by atoms with E-state index in [-0.39, 0.29) is 17.8 Å². The summed E-state index contributed by atoms with van der Waals surface area (Å²) in [6.45, 7) is 3.58. The number of rotatable bonds is 4. The maximum atomic E-state index is 13.3. The van der Waals surface area contributed by atoms with Crippen LogP contribution in [0.25, 0.3) is 21.9 Å². The van der Waals surface area contributed by atoms with Crippen molar-refractivity contribution in [3.8, 4) is 11.1 Å². The van der Waals surface area contributed by atoms with E-state index in [9.17, 15) is 14.7 Å². The highest BCUT2D eigenvalue weighted by atomic mass is 79.9. The minimum absolute atomic E-state index is 0.0630. The molecule has 0 radical (unpaired) electrons. The summed E-state index contributed by atoms with van der Waals surface area (Å²) < 4.78 is 7.27. The lowest BCUT2D eigenvalue weighted by Crippen LogP contribution is -2.28. The summed E-state index contributed by atoms with van der Waals surface area (Å²) in [5.41, 5.74) is 2.12. The van der Waals surface area contributed by atoms with Crippen LogP contribution in [-0.2, 0) is 6.54 Å².